The van der Waals surface area contributed by atoms with Gasteiger partial charge in [0, 0.05) is 19.0 Å². The lowest BCUT2D eigenvalue weighted by Gasteiger charge is -2.15. The van der Waals surface area contributed by atoms with Gasteiger partial charge < -0.3 is 15.8 Å². The lowest BCUT2D eigenvalue weighted by Crippen LogP contribution is -2.41. The zero-order chi connectivity index (χ0) is 13.7. The topological polar surface area (TPSA) is 64.3 Å². The molecule has 104 valence electrons. The maximum Gasteiger partial charge on any atom is 0.220 e. The lowest BCUT2D eigenvalue weighted by atomic mass is 10.1. The highest BCUT2D eigenvalue weighted by Gasteiger charge is 2.30. The van der Waals surface area contributed by atoms with E-state index >= 15 is 0 Å². The molecule has 19 heavy (non-hydrogen) atoms. The molecule has 0 saturated heterocycles. The van der Waals surface area contributed by atoms with Crippen molar-refractivity contribution in [1.29, 1.82) is 0 Å². The number of ether oxygens (including phenoxy) is 1. The quantitative estimate of drug-likeness (QED) is 0.782. The first kappa shape index (κ1) is 13.9. The van der Waals surface area contributed by atoms with Crippen LogP contribution in [0.15, 0.2) is 24.3 Å². The smallest absolute Gasteiger partial charge is 0.220 e. The standard InChI is InChI=1S/C15H22N2O2/c1-19-13-7-2-11(3-8-13)4-9-15(18)17-14(10-16)12-5-6-12/h2-3,7-8,12,14H,4-6,9-10,16H2,1H3,(H,17,18). The van der Waals surface area contributed by atoms with Gasteiger partial charge in [0.05, 0.1) is 7.11 Å². The van der Waals surface area contributed by atoms with Gasteiger partial charge in [0.15, 0.2) is 0 Å². The molecule has 0 aliphatic heterocycles. The number of benzene rings is 1. The van der Waals surface area contributed by atoms with Crippen molar-refractivity contribution >= 4 is 5.91 Å². The van der Waals surface area contributed by atoms with Gasteiger partial charge in [-0.2, -0.15) is 0 Å². The Kier molecular flexibility index (Phi) is 4.80. The molecule has 1 aromatic carbocycles. The fourth-order valence-electron chi connectivity index (χ4n) is 2.20. The molecule has 0 aromatic heterocycles. The number of nitrogens with two attached hydrogens (primary N) is 1. The highest BCUT2D eigenvalue weighted by atomic mass is 16.5. The molecule has 2 rings (SSSR count). The van der Waals surface area contributed by atoms with Gasteiger partial charge in [0.1, 0.15) is 5.75 Å². The van der Waals surface area contributed by atoms with E-state index in [-0.39, 0.29) is 11.9 Å². The van der Waals surface area contributed by atoms with Crippen molar-refractivity contribution in [1.82, 2.24) is 5.32 Å². The van der Waals surface area contributed by atoms with Gasteiger partial charge in [0.2, 0.25) is 5.91 Å². The van der Waals surface area contributed by atoms with Crippen LogP contribution in [0.3, 0.4) is 0 Å². The monoisotopic (exact) mass is 262 g/mol. The van der Waals surface area contributed by atoms with Crippen LogP contribution in [-0.2, 0) is 11.2 Å². The summed E-state index contributed by atoms with van der Waals surface area (Å²) < 4.78 is 5.10. The predicted molar refractivity (Wildman–Crippen MR) is 75.0 cm³/mol. The van der Waals surface area contributed by atoms with Crippen molar-refractivity contribution in [3.63, 3.8) is 0 Å². The maximum absolute atomic E-state index is 11.8. The van der Waals surface area contributed by atoms with Crippen LogP contribution < -0.4 is 15.8 Å². The van der Waals surface area contributed by atoms with Gasteiger partial charge in [0.25, 0.3) is 0 Å². The van der Waals surface area contributed by atoms with Gasteiger partial charge in [-0.15, -0.1) is 0 Å². The van der Waals surface area contributed by atoms with E-state index in [2.05, 4.69) is 5.32 Å². The molecule has 0 spiro atoms. The summed E-state index contributed by atoms with van der Waals surface area (Å²) in [5.74, 6) is 1.54. The third-order valence-electron chi connectivity index (χ3n) is 3.59. The van der Waals surface area contributed by atoms with Gasteiger partial charge in [-0.25, -0.2) is 0 Å². The number of nitrogens with one attached hydrogen (secondary N) is 1. The second-order valence-electron chi connectivity index (χ2n) is 5.10. The van der Waals surface area contributed by atoms with E-state index in [1.165, 1.54) is 12.8 Å². The average Bonchev–Trinajstić information content (AvgIpc) is 3.27. The molecule has 1 fully saturated rings. The zero-order valence-electron chi connectivity index (χ0n) is 11.4. The Morgan fingerprint density at radius 3 is 2.63 bits per heavy atom. The number of carbonyl (C=O) groups is 1. The summed E-state index contributed by atoms with van der Waals surface area (Å²) in [6.45, 7) is 0.541. The number of aryl methyl sites for hydroxylation is 1. The van der Waals surface area contributed by atoms with Gasteiger partial charge in [-0.1, -0.05) is 12.1 Å². The summed E-state index contributed by atoms with van der Waals surface area (Å²) in [5.41, 5.74) is 6.82. The summed E-state index contributed by atoms with van der Waals surface area (Å²) in [7, 11) is 1.65. The van der Waals surface area contributed by atoms with Crippen molar-refractivity contribution in [2.75, 3.05) is 13.7 Å². The molecule has 1 aromatic rings. The normalized spacial score (nSPS) is 15.9. The van der Waals surface area contributed by atoms with E-state index in [0.29, 0.717) is 18.9 Å². The molecule has 4 heteroatoms. The molecule has 0 radical (unpaired) electrons. The predicted octanol–water partition coefficient (Wildman–Crippen LogP) is 1.48. The Balaban J connectivity index is 1.75. The lowest BCUT2D eigenvalue weighted by molar-refractivity contribution is -0.121. The fraction of sp³-hybridized carbons (Fsp3) is 0.533. The van der Waals surface area contributed by atoms with Crippen LogP contribution in [0.5, 0.6) is 5.75 Å². The second-order valence-corrected chi connectivity index (χ2v) is 5.10. The fourth-order valence-corrected chi connectivity index (χ4v) is 2.20. The first-order valence-electron chi connectivity index (χ1n) is 6.85. The third-order valence-corrected chi connectivity index (χ3v) is 3.59. The van der Waals surface area contributed by atoms with Crippen molar-refractivity contribution in [3.05, 3.63) is 29.8 Å². The second kappa shape index (κ2) is 6.57. The van der Waals surface area contributed by atoms with Crippen LogP contribution in [0.2, 0.25) is 0 Å². The summed E-state index contributed by atoms with van der Waals surface area (Å²) in [4.78, 5) is 11.8. The Hall–Kier alpha value is -1.55. The zero-order valence-corrected chi connectivity index (χ0v) is 11.4. The molecule has 1 atom stereocenters. The minimum Gasteiger partial charge on any atom is -0.497 e. The molecule has 4 nitrogen and oxygen atoms in total. The molecule has 1 aliphatic rings. The molecule has 1 saturated carbocycles. The van der Waals surface area contributed by atoms with E-state index < -0.39 is 0 Å². The van der Waals surface area contributed by atoms with E-state index in [0.717, 1.165) is 17.7 Å². The summed E-state index contributed by atoms with van der Waals surface area (Å²) in [6.07, 6.45) is 3.65. The maximum atomic E-state index is 11.8. The van der Waals surface area contributed by atoms with E-state index in [9.17, 15) is 4.79 Å². The molecule has 3 N–H and O–H groups in total. The van der Waals surface area contributed by atoms with Crippen LogP contribution in [0, 0.1) is 5.92 Å². The minimum absolute atomic E-state index is 0.0955. The number of carbonyl (C=O) groups excluding carboxylic acids is 1. The number of methoxy groups -OCH3 is 1. The van der Waals surface area contributed by atoms with Crippen molar-refractivity contribution < 1.29 is 9.53 Å². The molecule has 1 unspecified atom stereocenters. The number of hydrogen-bond donors (Lipinski definition) is 2. The largest absolute Gasteiger partial charge is 0.497 e. The van der Waals surface area contributed by atoms with Gasteiger partial charge >= 0.3 is 0 Å². The highest BCUT2D eigenvalue weighted by Crippen LogP contribution is 2.32. The third kappa shape index (κ3) is 4.24. The molecule has 1 amide bonds. The van der Waals surface area contributed by atoms with Crippen LogP contribution in [0.1, 0.15) is 24.8 Å². The number of rotatable bonds is 7. The Morgan fingerprint density at radius 1 is 1.42 bits per heavy atom. The summed E-state index contributed by atoms with van der Waals surface area (Å²) in [5, 5.41) is 3.03. The van der Waals surface area contributed by atoms with Crippen molar-refractivity contribution in [3.8, 4) is 5.75 Å². The molecular formula is C15H22N2O2. The first-order valence-corrected chi connectivity index (χ1v) is 6.85. The first-order chi connectivity index (χ1) is 9.22. The Labute approximate surface area is 114 Å². The van der Waals surface area contributed by atoms with Crippen LogP contribution in [0.4, 0.5) is 0 Å². The number of amides is 1. The molecular weight excluding hydrogens is 240 g/mol. The Morgan fingerprint density at radius 2 is 2.11 bits per heavy atom. The highest BCUT2D eigenvalue weighted by molar-refractivity contribution is 5.76. The van der Waals surface area contributed by atoms with E-state index in [1.807, 2.05) is 24.3 Å². The SMILES string of the molecule is COc1ccc(CCC(=O)NC(CN)C2CC2)cc1. The minimum atomic E-state index is 0.0955. The molecule has 0 heterocycles. The number of hydrogen-bond acceptors (Lipinski definition) is 3. The van der Waals surface area contributed by atoms with Crippen LogP contribution >= 0.6 is 0 Å². The van der Waals surface area contributed by atoms with Crippen LogP contribution in [-0.4, -0.2) is 25.6 Å². The average molecular weight is 262 g/mol. The van der Waals surface area contributed by atoms with Gasteiger partial charge in [-0.3, -0.25) is 4.79 Å². The molecule has 0 bridgehead atoms. The Bertz CT molecular complexity index is 413. The van der Waals surface area contributed by atoms with Crippen LogP contribution in [0.25, 0.3) is 0 Å². The van der Waals surface area contributed by atoms with E-state index in [1.54, 1.807) is 7.11 Å². The van der Waals surface area contributed by atoms with Gasteiger partial charge in [-0.05, 0) is 42.9 Å². The van der Waals surface area contributed by atoms with E-state index in [4.69, 9.17) is 10.5 Å². The van der Waals surface area contributed by atoms with Crippen molar-refractivity contribution in [2.45, 2.75) is 31.7 Å². The molecule has 1 aliphatic carbocycles. The summed E-state index contributed by atoms with van der Waals surface area (Å²) >= 11 is 0. The summed E-state index contributed by atoms with van der Waals surface area (Å²) in [6, 6.07) is 7.99. The van der Waals surface area contributed by atoms with Crippen molar-refractivity contribution in [2.24, 2.45) is 11.7 Å².